The van der Waals surface area contributed by atoms with Crippen molar-refractivity contribution < 1.29 is 14.3 Å². The van der Waals surface area contributed by atoms with Gasteiger partial charge in [-0.15, -0.1) is 0 Å². The first-order chi connectivity index (χ1) is 11.1. The summed E-state index contributed by atoms with van der Waals surface area (Å²) in [5, 5.41) is 12.8. The van der Waals surface area contributed by atoms with Gasteiger partial charge in [-0.2, -0.15) is 0 Å². The molecule has 1 aliphatic rings. The molecule has 1 saturated heterocycles. The monoisotopic (exact) mass is 315 g/mol. The number of amides is 1. The van der Waals surface area contributed by atoms with Crippen molar-refractivity contribution >= 4 is 5.91 Å². The molecule has 6 heteroatoms. The second-order valence-corrected chi connectivity index (χ2v) is 5.95. The normalized spacial score (nSPS) is 22.0. The van der Waals surface area contributed by atoms with Gasteiger partial charge >= 0.3 is 0 Å². The highest BCUT2D eigenvalue weighted by molar-refractivity contribution is 5.79. The number of aliphatic hydroxyl groups is 1. The van der Waals surface area contributed by atoms with Crippen molar-refractivity contribution in [2.75, 3.05) is 20.1 Å². The molecule has 0 aliphatic carbocycles. The number of aromatic nitrogens is 1. The summed E-state index contributed by atoms with van der Waals surface area (Å²) < 4.78 is 5.45. The lowest BCUT2D eigenvalue weighted by Crippen LogP contribution is -2.48. The van der Waals surface area contributed by atoms with Crippen LogP contribution in [0.1, 0.15) is 12.1 Å². The highest BCUT2D eigenvalue weighted by atomic mass is 16.3. The number of rotatable bonds is 4. The molecule has 1 aromatic carbocycles. The lowest BCUT2D eigenvalue weighted by atomic mass is 9.94. The zero-order chi connectivity index (χ0) is 16.2. The molecule has 3 rings (SSSR count). The van der Waals surface area contributed by atoms with E-state index in [-0.39, 0.29) is 5.91 Å². The van der Waals surface area contributed by atoms with Crippen molar-refractivity contribution in [1.82, 2.24) is 15.2 Å². The Kier molecular flexibility index (Phi) is 4.73. The Labute approximate surface area is 135 Å². The van der Waals surface area contributed by atoms with E-state index >= 15 is 0 Å². The molecule has 1 aliphatic heterocycles. The van der Waals surface area contributed by atoms with Crippen LogP contribution in [0.15, 0.2) is 41.0 Å². The molecule has 1 fully saturated rings. The fourth-order valence-corrected chi connectivity index (χ4v) is 2.77. The molecular weight excluding hydrogens is 294 g/mol. The van der Waals surface area contributed by atoms with Gasteiger partial charge in [-0.3, -0.25) is 4.79 Å². The minimum atomic E-state index is -0.580. The number of oxazole rings is 1. The fourth-order valence-electron chi connectivity index (χ4n) is 2.77. The van der Waals surface area contributed by atoms with Gasteiger partial charge in [-0.05, 0) is 25.6 Å². The van der Waals surface area contributed by atoms with Crippen LogP contribution in [0, 0.1) is 5.92 Å². The van der Waals surface area contributed by atoms with Crippen LogP contribution in [0.25, 0.3) is 11.5 Å². The minimum Gasteiger partial charge on any atom is -0.444 e. The summed E-state index contributed by atoms with van der Waals surface area (Å²) in [5.41, 5.74) is 1.56. The van der Waals surface area contributed by atoms with E-state index in [2.05, 4.69) is 15.2 Å². The maximum Gasteiger partial charge on any atom is 0.227 e. The van der Waals surface area contributed by atoms with E-state index in [1.165, 1.54) is 0 Å². The highest BCUT2D eigenvalue weighted by Crippen LogP contribution is 2.19. The van der Waals surface area contributed by atoms with Crippen LogP contribution < -0.4 is 5.32 Å². The Hall–Kier alpha value is -2.18. The largest absolute Gasteiger partial charge is 0.444 e. The summed E-state index contributed by atoms with van der Waals surface area (Å²) in [5.74, 6) is -0.00478. The Morgan fingerprint density at radius 2 is 2.22 bits per heavy atom. The van der Waals surface area contributed by atoms with Crippen LogP contribution in [0.5, 0.6) is 0 Å². The number of nitrogens with one attached hydrogen (secondary N) is 1. The highest BCUT2D eigenvalue weighted by Gasteiger charge is 2.31. The molecule has 0 bridgehead atoms. The lowest BCUT2D eigenvalue weighted by Gasteiger charge is -2.32. The van der Waals surface area contributed by atoms with E-state index in [1.807, 2.05) is 37.4 Å². The zero-order valence-electron chi connectivity index (χ0n) is 13.1. The Morgan fingerprint density at radius 1 is 1.43 bits per heavy atom. The number of piperidine rings is 1. The number of benzene rings is 1. The van der Waals surface area contributed by atoms with Gasteiger partial charge in [0.2, 0.25) is 11.8 Å². The van der Waals surface area contributed by atoms with Crippen LogP contribution >= 0.6 is 0 Å². The van der Waals surface area contributed by atoms with Gasteiger partial charge in [-0.25, -0.2) is 4.98 Å². The van der Waals surface area contributed by atoms with Gasteiger partial charge in [-0.1, -0.05) is 18.2 Å². The first-order valence-corrected chi connectivity index (χ1v) is 7.77. The molecule has 1 amide bonds. The first-order valence-electron chi connectivity index (χ1n) is 7.77. The second-order valence-electron chi connectivity index (χ2n) is 5.95. The van der Waals surface area contributed by atoms with Crippen molar-refractivity contribution in [2.24, 2.45) is 5.92 Å². The molecule has 0 radical (unpaired) electrons. The van der Waals surface area contributed by atoms with E-state index in [9.17, 15) is 9.90 Å². The molecule has 6 nitrogen and oxygen atoms in total. The maximum atomic E-state index is 12.2. The Balaban J connectivity index is 1.58. The zero-order valence-corrected chi connectivity index (χ0v) is 13.1. The van der Waals surface area contributed by atoms with Gasteiger partial charge in [0.15, 0.2) is 0 Å². The molecule has 2 N–H and O–H groups in total. The third-order valence-corrected chi connectivity index (χ3v) is 4.13. The minimum absolute atomic E-state index is 0.145. The predicted octanol–water partition coefficient (Wildman–Crippen LogP) is 1.27. The molecule has 0 saturated carbocycles. The van der Waals surface area contributed by atoms with Crippen molar-refractivity contribution in [2.45, 2.75) is 19.1 Å². The average molecular weight is 315 g/mol. The molecule has 2 atom stereocenters. The fraction of sp³-hybridized carbons (Fsp3) is 0.412. The molecule has 23 heavy (non-hydrogen) atoms. The Morgan fingerprint density at radius 3 is 3.00 bits per heavy atom. The first kappa shape index (κ1) is 15.7. The molecule has 122 valence electrons. The number of carbonyl (C=O) groups is 1. The van der Waals surface area contributed by atoms with Gasteiger partial charge in [0, 0.05) is 18.7 Å². The summed E-state index contributed by atoms with van der Waals surface area (Å²) in [6.45, 7) is 1.68. The van der Waals surface area contributed by atoms with Crippen molar-refractivity contribution in [1.29, 1.82) is 0 Å². The molecule has 2 aromatic rings. The van der Waals surface area contributed by atoms with E-state index in [1.54, 1.807) is 6.26 Å². The SMILES string of the molecule is CN1CC[C@H](O)[C@H](C(=O)NCc2coc(-c3ccccc3)n2)C1. The standard InChI is InChI=1S/C17H21N3O3/c1-20-8-7-15(21)14(10-20)16(22)18-9-13-11-23-17(19-13)12-5-3-2-4-6-12/h2-6,11,14-15,21H,7-10H2,1H3,(H,18,22)/t14-,15+/m1/s1. The summed E-state index contributed by atoms with van der Waals surface area (Å²) in [6, 6.07) is 9.61. The Bertz CT molecular complexity index is 656. The quantitative estimate of drug-likeness (QED) is 0.888. The summed E-state index contributed by atoms with van der Waals surface area (Å²) in [7, 11) is 1.95. The number of hydrogen-bond donors (Lipinski definition) is 2. The molecule has 2 heterocycles. The van der Waals surface area contributed by atoms with Gasteiger partial charge in [0.25, 0.3) is 0 Å². The van der Waals surface area contributed by atoms with Crippen LogP contribution in [-0.2, 0) is 11.3 Å². The molecule has 0 spiro atoms. The van der Waals surface area contributed by atoms with Crippen LogP contribution in [0.4, 0.5) is 0 Å². The summed E-state index contributed by atoms with van der Waals surface area (Å²) >= 11 is 0. The molecular formula is C17H21N3O3. The summed E-state index contributed by atoms with van der Waals surface area (Å²) in [6.07, 6.45) is 1.59. The smallest absolute Gasteiger partial charge is 0.227 e. The average Bonchev–Trinajstić information content (AvgIpc) is 3.05. The van der Waals surface area contributed by atoms with Crippen LogP contribution in [0.3, 0.4) is 0 Å². The number of likely N-dealkylation sites (tertiary alicyclic amines) is 1. The maximum absolute atomic E-state index is 12.2. The van der Waals surface area contributed by atoms with Crippen LogP contribution in [-0.4, -0.2) is 47.1 Å². The predicted molar refractivity (Wildman–Crippen MR) is 85.4 cm³/mol. The van der Waals surface area contributed by atoms with Crippen LogP contribution in [0.2, 0.25) is 0 Å². The number of aliphatic hydroxyl groups excluding tert-OH is 1. The van der Waals surface area contributed by atoms with Crippen molar-refractivity contribution in [3.05, 3.63) is 42.3 Å². The number of carbonyl (C=O) groups excluding carboxylic acids is 1. The number of hydrogen-bond acceptors (Lipinski definition) is 5. The number of nitrogens with zero attached hydrogens (tertiary/aromatic N) is 2. The molecule has 0 unspecified atom stereocenters. The molecule has 1 aromatic heterocycles. The van der Waals surface area contributed by atoms with E-state index in [0.717, 1.165) is 12.1 Å². The topological polar surface area (TPSA) is 78.6 Å². The van der Waals surface area contributed by atoms with Crippen molar-refractivity contribution in [3.63, 3.8) is 0 Å². The van der Waals surface area contributed by atoms with Gasteiger partial charge in [0.1, 0.15) is 6.26 Å². The third kappa shape index (κ3) is 3.78. The van der Waals surface area contributed by atoms with Crippen molar-refractivity contribution in [3.8, 4) is 11.5 Å². The van der Waals surface area contributed by atoms with Gasteiger partial charge < -0.3 is 19.7 Å². The second kappa shape index (κ2) is 6.93. The van der Waals surface area contributed by atoms with E-state index in [4.69, 9.17) is 4.42 Å². The van der Waals surface area contributed by atoms with E-state index in [0.29, 0.717) is 31.1 Å². The van der Waals surface area contributed by atoms with Gasteiger partial charge in [0.05, 0.1) is 24.3 Å². The summed E-state index contributed by atoms with van der Waals surface area (Å²) in [4.78, 5) is 18.7. The third-order valence-electron chi connectivity index (χ3n) is 4.13. The van der Waals surface area contributed by atoms with E-state index < -0.39 is 12.0 Å². The lowest BCUT2D eigenvalue weighted by molar-refractivity contribution is -0.131.